The van der Waals surface area contributed by atoms with E-state index in [2.05, 4.69) is 33.8 Å². The first-order valence-electron chi connectivity index (χ1n) is 4.78. The zero-order chi connectivity index (χ0) is 8.43. The molecule has 11 heavy (non-hydrogen) atoms. The monoisotopic (exact) mass is 152 g/mol. The second-order valence-electron chi connectivity index (χ2n) is 4.32. The van der Waals surface area contributed by atoms with E-state index in [1.54, 1.807) is 5.57 Å². The van der Waals surface area contributed by atoms with Crippen LogP contribution in [0.4, 0.5) is 0 Å². The number of hydrogen-bond acceptors (Lipinski definition) is 0. The van der Waals surface area contributed by atoms with Crippen molar-refractivity contribution < 1.29 is 0 Å². The van der Waals surface area contributed by atoms with Gasteiger partial charge in [0.25, 0.3) is 0 Å². The Morgan fingerprint density at radius 1 is 1.45 bits per heavy atom. The lowest BCUT2D eigenvalue weighted by Gasteiger charge is -2.29. The highest BCUT2D eigenvalue weighted by Gasteiger charge is 2.22. The molecule has 0 spiro atoms. The summed E-state index contributed by atoms with van der Waals surface area (Å²) in [5, 5.41) is 0. The first-order chi connectivity index (χ1) is 5.11. The summed E-state index contributed by atoms with van der Waals surface area (Å²) in [4.78, 5) is 0. The van der Waals surface area contributed by atoms with Crippen LogP contribution in [0.3, 0.4) is 0 Å². The van der Waals surface area contributed by atoms with Gasteiger partial charge in [-0.25, -0.2) is 0 Å². The maximum absolute atomic E-state index is 2.45. The van der Waals surface area contributed by atoms with Gasteiger partial charge in [0.05, 0.1) is 0 Å². The summed E-state index contributed by atoms with van der Waals surface area (Å²) in [6.45, 7) is 9.30. The molecule has 0 fully saturated rings. The van der Waals surface area contributed by atoms with Gasteiger partial charge >= 0.3 is 0 Å². The van der Waals surface area contributed by atoms with E-state index in [0.717, 1.165) is 17.8 Å². The van der Waals surface area contributed by atoms with Crippen LogP contribution in [0.1, 0.15) is 40.5 Å². The van der Waals surface area contributed by atoms with Crippen molar-refractivity contribution in [2.75, 3.05) is 0 Å². The molecule has 0 aromatic carbocycles. The van der Waals surface area contributed by atoms with Crippen LogP contribution in [0.2, 0.25) is 0 Å². The molecule has 0 aliphatic heterocycles. The summed E-state index contributed by atoms with van der Waals surface area (Å²) in [5.74, 6) is 2.59. The Balaban J connectivity index is 2.60. The highest BCUT2D eigenvalue weighted by atomic mass is 14.3. The van der Waals surface area contributed by atoms with E-state index in [1.165, 1.54) is 12.8 Å². The highest BCUT2D eigenvalue weighted by Crippen LogP contribution is 2.33. The molecule has 1 rings (SSSR count). The number of rotatable bonds is 1. The summed E-state index contributed by atoms with van der Waals surface area (Å²) in [5.41, 5.74) is 1.59. The Morgan fingerprint density at radius 2 is 2.09 bits per heavy atom. The third-order valence-corrected chi connectivity index (χ3v) is 2.95. The predicted molar refractivity (Wildman–Crippen MR) is 50.5 cm³/mol. The minimum absolute atomic E-state index is 0.809. The smallest absolute Gasteiger partial charge is 0.0228 e. The van der Waals surface area contributed by atoms with Crippen molar-refractivity contribution in [2.45, 2.75) is 40.5 Å². The van der Waals surface area contributed by atoms with Gasteiger partial charge in [-0.05, 0) is 37.5 Å². The first-order valence-corrected chi connectivity index (χ1v) is 4.78. The fraction of sp³-hybridized carbons (Fsp3) is 0.818. The van der Waals surface area contributed by atoms with E-state index in [0.29, 0.717) is 0 Å². The van der Waals surface area contributed by atoms with E-state index in [4.69, 9.17) is 0 Å². The maximum atomic E-state index is 2.45. The van der Waals surface area contributed by atoms with Crippen molar-refractivity contribution in [1.82, 2.24) is 0 Å². The molecule has 0 nitrogen and oxygen atoms in total. The molecule has 0 aromatic heterocycles. The predicted octanol–water partition coefficient (Wildman–Crippen LogP) is 3.63. The second kappa shape index (κ2) is 3.42. The van der Waals surface area contributed by atoms with Crippen molar-refractivity contribution in [3.05, 3.63) is 11.6 Å². The van der Waals surface area contributed by atoms with Gasteiger partial charge in [-0.1, -0.05) is 32.4 Å². The van der Waals surface area contributed by atoms with Gasteiger partial charge in [-0.3, -0.25) is 0 Å². The standard InChI is InChI=1S/C11H20/c1-8(2)11-6-5-9(3)7-10(11)4/h7-8,10-11H,5-6H2,1-4H3/t10?,11-/m0/s1. The SMILES string of the molecule is CC1=CC(C)[C@H](C(C)C)CC1. The van der Waals surface area contributed by atoms with Crippen LogP contribution >= 0.6 is 0 Å². The Labute approximate surface area is 70.7 Å². The van der Waals surface area contributed by atoms with Gasteiger partial charge in [-0.2, -0.15) is 0 Å². The van der Waals surface area contributed by atoms with Crippen molar-refractivity contribution in [2.24, 2.45) is 17.8 Å². The molecule has 0 aromatic rings. The average Bonchev–Trinajstić information content (AvgIpc) is 1.85. The van der Waals surface area contributed by atoms with Crippen LogP contribution in [0.25, 0.3) is 0 Å². The summed E-state index contributed by atoms with van der Waals surface area (Å²) in [6.07, 6.45) is 5.18. The summed E-state index contributed by atoms with van der Waals surface area (Å²) < 4.78 is 0. The number of hydrogen-bond donors (Lipinski definition) is 0. The van der Waals surface area contributed by atoms with Crippen molar-refractivity contribution in [3.63, 3.8) is 0 Å². The minimum Gasteiger partial charge on any atom is -0.0825 e. The van der Waals surface area contributed by atoms with Gasteiger partial charge in [0, 0.05) is 0 Å². The molecule has 1 aliphatic carbocycles. The molecule has 0 heteroatoms. The molecule has 1 unspecified atom stereocenters. The van der Waals surface area contributed by atoms with Gasteiger partial charge in [0.15, 0.2) is 0 Å². The Morgan fingerprint density at radius 3 is 2.55 bits per heavy atom. The minimum atomic E-state index is 0.809. The summed E-state index contributed by atoms with van der Waals surface area (Å²) >= 11 is 0. The van der Waals surface area contributed by atoms with E-state index < -0.39 is 0 Å². The van der Waals surface area contributed by atoms with Crippen LogP contribution < -0.4 is 0 Å². The van der Waals surface area contributed by atoms with E-state index in [1.807, 2.05) is 0 Å². The van der Waals surface area contributed by atoms with Gasteiger partial charge in [-0.15, -0.1) is 0 Å². The molecule has 0 N–H and O–H groups in total. The third-order valence-electron chi connectivity index (χ3n) is 2.95. The van der Waals surface area contributed by atoms with E-state index in [-0.39, 0.29) is 0 Å². The first kappa shape index (κ1) is 8.83. The van der Waals surface area contributed by atoms with E-state index in [9.17, 15) is 0 Å². The Kier molecular flexibility index (Phi) is 2.75. The molecule has 0 bridgehead atoms. The number of allylic oxidation sites excluding steroid dienone is 2. The molecule has 1 aliphatic rings. The molecule has 0 saturated heterocycles. The van der Waals surface area contributed by atoms with Crippen LogP contribution in [0.5, 0.6) is 0 Å². The molecule has 0 amide bonds. The van der Waals surface area contributed by atoms with Crippen LogP contribution in [-0.2, 0) is 0 Å². The third kappa shape index (κ3) is 2.08. The molecule has 2 atom stereocenters. The summed E-state index contributed by atoms with van der Waals surface area (Å²) in [7, 11) is 0. The maximum Gasteiger partial charge on any atom is -0.0228 e. The van der Waals surface area contributed by atoms with E-state index >= 15 is 0 Å². The van der Waals surface area contributed by atoms with Crippen LogP contribution in [0, 0.1) is 17.8 Å². The van der Waals surface area contributed by atoms with Crippen LogP contribution in [-0.4, -0.2) is 0 Å². The zero-order valence-electron chi connectivity index (χ0n) is 8.22. The lowest BCUT2D eigenvalue weighted by Crippen LogP contribution is -2.19. The summed E-state index contributed by atoms with van der Waals surface area (Å²) in [6, 6.07) is 0. The molecule has 0 saturated carbocycles. The molecular formula is C11H20. The fourth-order valence-electron chi connectivity index (χ4n) is 2.25. The second-order valence-corrected chi connectivity index (χ2v) is 4.32. The Bertz CT molecular complexity index is 153. The van der Waals surface area contributed by atoms with Crippen molar-refractivity contribution in [3.8, 4) is 0 Å². The van der Waals surface area contributed by atoms with Crippen molar-refractivity contribution in [1.29, 1.82) is 0 Å². The van der Waals surface area contributed by atoms with Gasteiger partial charge in [0.2, 0.25) is 0 Å². The molecule has 0 heterocycles. The normalized spacial score (nSPS) is 32.3. The van der Waals surface area contributed by atoms with Crippen molar-refractivity contribution >= 4 is 0 Å². The topological polar surface area (TPSA) is 0 Å². The molecular weight excluding hydrogens is 132 g/mol. The largest absolute Gasteiger partial charge is 0.0825 e. The average molecular weight is 152 g/mol. The molecule has 64 valence electrons. The lowest BCUT2D eigenvalue weighted by atomic mass is 9.76. The fourth-order valence-corrected chi connectivity index (χ4v) is 2.25. The van der Waals surface area contributed by atoms with Gasteiger partial charge < -0.3 is 0 Å². The quantitative estimate of drug-likeness (QED) is 0.503. The Hall–Kier alpha value is -0.260. The zero-order valence-corrected chi connectivity index (χ0v) is 8.22. The lowest BCUT2D eigenvalue weighted by molar-refractivity contribution is 0.278. The highest BCUT2D eigenvalue weighted by molar-refractivity contribution is 5.06. The van der Waals surface area contributed by atoms with Crippen LogP contribution in [0.15, 0.2) is 11.6 Å². The van der Waals surface area contributed by atoms with Gasteiger partial charge in [0.1, 0.15) is 0 Å². The molecule has 0 radical (unpaired) electrons.